The van der Waals surface area contributed by atoms with Crippen molar-refractivity contribution < 1.29 is 27.8 Å². The van der Waals surface area contributed by atoms with Gasteiger partial charge in [0.15, 0.2) is 0 Å². The second-order valence-corrected chi connectivity index (χ2v) is 4.56. The van der Waals surface area contributed by atoms with E-state index in [0.717, 1.165) is 12.7 Å². The topological polar surface area (TPSA) is 64.6 Å². The van der Waals surface area contributed by atoms with Gasteiger partial charge in [-0.15, -0.1) is 0 Å². The largest absolute Gasteiger partial charge is 0.467 e. The van der Waals surface area contributed by atoms with E-state index < -0.39 is 30.4 Å². The first-order chi connectivity index (χ1) is 9.81. The summed E-state index contributed by atoms with van der Waals surface area (Å²) in [4.78, 5) is 22.9. The normalized spacial score (nSPS) is 12.4. The van der Waals surface area contributed by atoms with E-state index in [1.165, 1.54) is 0 Å². The molecule has 0 aliphatic carbocycles. The van der Waals surface area contributed by atoms with Gasteiger partial charge in [0.2, 0.25) is 5.92 Å². The minimum absolute atomic E-state index is 0.0247. The maximum Gasteiger partial charge on any atom is 0.408 e. The molecule has 1 N–H and O–H groups in total. The summed E-state index contributed by atoms with van der Waals surface area (Å²) < 4.78 is 35.2. The van der Waals surface area contributed by atoms with Crippen molar-refractivity contribution in [3.8, 4) is 0 Å². The van der Waals surface area contributed by atoms with Gasteiger partial charge in [0.05, 0.1) is 7.11 Å². The van der Waals surface area contributed by atoms with Crippen molar-refractivity contribution in [2.24, 2.45) is 0 Å². The van der Waals surface area contributed by atoms with Crippen LogP contribution in [0.15, 0.2) is 30.3 Å². The molecule has 116 valence electrons. The first-order valence-corrected chi connectivity index (χ1v) is 6.24. The minimum atomic E-state index is -3.12. The van der Waals surface area contributed by atoms with Gasteiger partial charge in [0, 0.05) is 6.42 Å². The number of alkyl halides is 2. The number of nitrogens with one attached hydrogen (secondary N) is 1. The predicted molar refractivity (Wildman–Crippen MR) is 70.8 cm³/mol. The Morgan fingerprint density at radius 3 is 2.43 bits per heavy atom. The van der Waals surface area contributed by atoms with Crippen LogP contribution >= 0.6 is 0 Å². The highest BCUT2D eigenvalue weighted by Gasteiger charge is 2.33. The zero-order valence-corrected chi connectivity index (χ0v) is 11.8. The second kappa shape index (κ2) is 7.56. The van der Waals surface area contributed by atoms with Crippen LogP contribution in [-0.2, 0) is 20.9 Å². The van der Waals surface area contributed by atoms with Gasteiger partial charge in [0.1, 0.15) is 12.6 Å². The minimum Gasteiger partial charge on any atom is -0.467 e. The zero-order valence-electron chi connectivity index (χ0n) is 11.8. The van der Waals surface area contributed by atoms with E-state index in [0.29, 0.717) is 6.92 Å². The Balaban J connectivity index is 2.54. The van der Waals surface area contributed by atoms with E-state index >= 15 is 0 Å². The smallest absolute Gasteiger partial charge is 0.408 e. The number of hydrogen-bond acceptors (Lipinski definition) is 4. The molecule has 0 aliphatic rings. The predicted octanol–water partition coefficient (Wildman–Crippen LogP) is 2.50. The molecule has 0 bridgehead atoms. The molecule has 0 heterocycles. The van der Waals surface area contributed by atoms with Gasteiger partial charge in [-0.1, -0.05) is 30.3 Å². The molecular weight excluding hydrogens is 284 g/mol. The lowest BCUT2D eigenvalue weighted by molar-refractivity contribution is -0.145. The fraction of sp³-hybridized carbons (Fsp3) is 0.429. The molecule has 1 aromatic rings. The molecule has 1 atom stereocenters. The Hall–Kier alpha value is -2.18. The number of carbonyl (C=O) groups is 2. The van der Waals surface area contributed by atoms with Crippen LogP contribution in [0.5, 0.6) is 0 Å². The molecule has 0 spiro atoms. The lowest BCUT2D eigenvalue weighted by atomic mass is 10.1. The molecule has 0 aliphatic heterocycles. The zero-order chi connectivity index (χ0) is 15.9. The van der Waals surface area contributed by atoms with Crippen molar-refractivity contribution in [1.29, 1.82) is 0 Å². The molecule has 0 saturated heterocycles. The van der Waals surface area contributed by atoms with Crippen molar-refractivity contribution in [2.75, 3.05) is 7.11 Å². The van der Waals surface area contributed by atoms with Crippen LogP contribution in [0.4, 0.5) is 13.6 Å². The van der Waals surface area contributed by atoms with E-state index in [1.807, 2.05) is 0 Å². The van der Waals surface area contributed by atoms with Crippen LogP contribution in [0.1, 0.15) is 18.9 Å². The quantitative estimate of drug-likeness (QED) is 0.820. The van der Waals surface area contributed by atoms with Crippen LogP contribution in [0.25, 0.3) is 0 Å². The Labute approximate surface area is 121 Å². The fourth-order valence-corrected chi connectivity index (χ4v) is 1.60. The molecule has 1 aromatic carbocycles. The summed E-state index contributed by atoms with van der Waals surface area (Å²) in [6.07, 6.45) is -1.82. The van der Waals surface area contributed by atoms with E-state index in [9.17, 15) is 18.4 Å². The van der Waals surface area contributed by atoms with Crippen molar-refractivity contribution in [3.05, 3.63) is 35.9 Å². The Kier molecular flexibility index (Phi) is 6.08. The maximum atomic E-state index is 13.0. The molecule has 5 nitrogen and oxygen atoms in total. The van der Waals surface area contributed by atoms with Gasteiger partial charge >= 0.3 is 12.1 Å². The average molecular weight is 301 g/mol. The molecule has 0 saturated carbocycles. The number of halogens is 2. The Morgan fingerprint density at radius 2 is 1.90 bits per heavy atom. The van der Waals surface area contributed by atoms with Gasteiger partial charge < -0.3 is 14.8 Å². The summed E-state index contributed by atoms with van der Waals surface area (Å²) in [5.74, 6) is -4.07. The number of carbonyl (C=O) groups excluding carboxylic acids is 2. The van der Waals surface area contributed by atoms with E-state index in [4.69, 9.17) is 4.74 Å². The van der Waals surface area contributed by atoms with Gasteiger partial charge in [-0.05, 0) is 12.5 Å². The molecule has 21 heavy (non-hydrogen) atoms. The van der Waals surface area contributed by atoms with Crippen LogP contribution in [0.2, 0.25) is 0 Å². The van der Waals surface area contributed by atoms with Crippen molar-refractivity contribution in [1.82, 2.24) is 5.32 Å². The molecule has 1 rings (SSSR count). The highest BCUT2D eigenvalue weighted by atomic mass is 19.3. The monoisotopic (exact) mass is 301 g/mol. The molecule has 0 fully saturated rings. The molecule has 0 aromatic heterocycles. The second-order valence-electron chi connectivity index (χ2n) is 4.56. The SMILES string of the molecule is COC(=O)[C@H](CC(C)(F)F)NC(=O)OCc1ccccc1. The summed E-state index contributed by atoms with van der Waals surface area (Å²) in [5, 5.41) is 2.08. The molecule has 7 heteroatoms. The third kappa shape index (κ3) is 6.69. The van der Waals surface area contributed by atoms with Crippen molar-refractivity contribution in [2.45, 2.75) is 31.9 Å². The van der Waals surface area contributed by atoms with Gasteiger partial charge in [0.25, 0.3) is 0 Å². The molecule has 0 unspecified atom stereocenters. The van der Waals surface area contributed by atoms with Gasteiger partial charge in [-0.3, -0.25) is 0 Å². The van der Waals surface area contributed by atoms with E-state index in [1.54, 1.807) is 30.3 Å². The number of amides is 1. The molecule has 1 amide bonds. The lowest BCUT2D eigenvalue weighted by Crippen LogP contribution is -2.44. The average Bonchev–Trinajstić information content (AvgIpc) is 2.43. The Bertz CT molecular complexity index is 474. The van der Waals surface area contributed by atoms with E-state index in [-0.39, 0.29) is 6.61 Å². The Morgan fingerprint density at radius 1 is 1.29 bits per heavy atom. The number of hydrogen-bond donors (Lipinski definition) is 1. The van der Waals surface area contributed by atoms with Gasteiger partial charge in [-0.2, -0.15) is 0 Å². The molecule has 0 radical (unpaired) electrons. The summed E-state index contributed by atoms with van der Waals surface area (Å²) >= 11 is 0. The number of benzene rings is 1. The number of methoxy groups -OCH3 is 1. The highest BCUT2D eigenvalue weighted by molar-refractivity contribution is 5.81. The first kappa shape index (κ1) is 16.9. The number of esters is 1. The van der Waals surface area contributed by atoms with Crippen molar-refractivity contribution >= 4 is 12.1 Å². The first-order valence-electron chi connectivity index (χ1n) is 6.24. The standard InChI is InChI=1S/C14H17F2NO4/c1-14(15,16)8-11(12(18)20-2)17-13(19)21-9-10-6-4-3-5-7-10/h3-7,11H,8-9H2,1-2H3,(H,17,19)/t11-/m0/s1. The summed E-state index contributed by atoms with van der Waals surface area (Å²) in [7, 11) is 1.06. The number of rotatable bonds is 6. The number of alkyl carbamates (subject to hydrolysis) is 1. The summed E-state index contributed by atoms with van der Waals surface area (Å²) in [6, 6.07) is 7.37. The van der Waals surface area contributed by atoms with Crippen LogP contribution in [-0.4, -0.2) is 31.1 Å². The fourth-order valence-electron chi connectivity index (χ4n) is 1.60. The summed E-state index contributed by atoms with van der Waals surface area (Å²) in [5.41, 5.74) is 0.739. The summed E-state index contributed by atoms with van der Waals surface area (Å²) in [6.45, 7) is 0.628. The molecular formula is C14H17F2NO4. The van der Waals surface area contributed by atoms with E-state index in [2.05, 4.69) is 10.1 Å². The maximum absolute atomic E-state index is 13.0. The van der Waals surface area contributed by atoms with Crippen LogP contribution in [0, 0.1) is 0 Å². The van der Waals surface area contributed by atoms with Crippen molar-refractivity contribution in [3.63, 3.8) is 0 Å². The van der Waals surface area contributed by atoms with Gasteiger partial charge in [-0.25, -0.2) is 18.4 Å². The third-order valence-electron chi connectivity index (χ3n) is 2.55. The van der Waals surface area contributed by atoms with Crippen LogP contribution in [0.3, 0.4) is 0 Å². The lowest BCUT2D eigenvalue weighted by Gasteiger charge is -2.19. The third-order valence-corrected chi connectivity index (χ3v) is 2.55. The highest BCUT2D eigenvalue weighted by Crippen LogP contribution is 2.19. The van der Waals surface area contributed by atoms with Crippen LogP contribution < -0.4 is 5.32 Å². The number of ether oxygens (including phenoxy) is 2.